The fraction of sp³-hybridized carbons (Fsp3) is 0.316. The summed E-state index contributed by atoms with van der Waals surface area (Å²) in [4.78, 5) is 32.1. The predicted octanol–water partition coefficient (Wildman–Crippen LogP) is 4.63. The summed E-state index contributed by atoms with van der Waals surface area (Å²) in [5.74, 6) is 0.346. The number of thioether (sulfide) groups is 1. The van der Waals surface area contributed by atoms with Crippen molar-refractivity contribution in [2.45, 2.75) is 38.9 Å². The van der Waals surface area contributed by atoms with Gasteiger partial charge in [0.15, 0.2) is 10.9 Å². The van der Waals surface area contributed by atoms with Gasteiger partial charge in [0.1, 0.15) is 0 Å². The Balaban J connectivity index is 1.95. The van der Waals surface area contributed by atoms with Gasteiger partial charge in [-0.1, -0.05) is 23.9 Å². The maximum atomic E-state index is 12.8. The molecule has 4 nitrogen and oxygen atoms in total. The molecule has 6 heteroatoms. The summed E-state index contributed by atoms with van der Waals surface area (Å²) in [7, 11) is 0. The van der Waals surface area contributed by atoms with Crippen LogP contribution in [-0.4, -0.2) is 21.1 Å². The first kappa shape index (κ1) is 17.9. The van der Waals surface area contributed by atoms with E-state index in [0.29, 0.717) is 16.1 Å². The van der Waals surface area contributed by atoms with Gasteiger partial charge in [-0.15, -0.1) is 11.3 Å². The van der Waals surface area contributed by atoms with Crippen molar-refractivity contribution in [3.63, 3.8) is 0 Å². The number of carbonyl (C=O) groups is 1. The van der Waals surface area contributed by atoms with Gasteiger partial charge in [0.25, 0.3) is 5.56 Å². The summed E-state index contributed by atoms with van der Waals surface area (Å²) in [5.41, 5.74) is 1.38. The lowest BCUT2D eigenvalue weighted by molar-refractivity contribution is 0.102. The minimum absolute atomic E-state index is 0.0210. The number of hydrogen-bond acceptors (Lipinski definition) is 5. The first-order valence-corrected chi connectivity index (χ1v) is 9.93. The number of para-hydroxylation sites is 1. The van der Waals surface area contributed by atoms with E-state index >= 15 is 0 Å². The minimum atomic E-state index is -0.0573. The van der Waals surface area contributed by atoms with Crippen LogP contribution in [0.5, 0.6) is 0 Å². The number of rotatable bonds is 5. The van der Waals surface area contributed by atoms with Crippen LogP contribution >= 0.6 is 23.1 Å². The molecule has 0 radical (unpaired) electrons. The van der Waals surface area contributed by atoms with Crippen LogP contribution in [-0.2, 0) is 0 Å². The highest BCUT2D eigenvalue weighted by Crippen LogP contribution is 2.25. The lowest BCUT2D eigenvalue weighted by Crippen LogP contribution is -2.25. The Bertz CT molecular complexity index is 1000. The van der Waals surface area contributed by atoms with Gasteiger partial charge in [-0.25, -0.2) is 4.98 Å². The van der Waals surface area contributed by atoms with Gasteiger partial charge in [-0.3, -0.25) is 14.2 Å². The molecule has 0 spiro atoms. The molecule has 25 heavy (non-hydrogen) atoms. The predicted molar refractivity (Wildman–Crippen MR) is 105 cm³/mol. The Morgan fingerprint density at radius 1 is 1.28 bits per heavy atom. The zero-order valence-electron chi connectivity index (χ0n) is 14.7. The Labute approximate surface area is 154 Å². The molecule has 0 aliphatic heterocycles. The highest BCUT2D eigenvalue weighted by Gasteiger charge is 2.17. The number of benzene rings is 1. The van der Waals surface area contributed by atoms with Gasteiger partial charge in [-0.05, 0) is 45.9 Å². The monoisotopic (exact) mass is 372 g/mol. The van der Waals surface area contributed by atoms with Crippen LogP contribution < -0.4 is 5.56 Å². The molecular formula is C19H20N2O2S2. The van der Waals surface area contributed by atoms with Crippen molar-refractivity contribution >= 4 is 39.8 Å². The van der Waals surface area contributed by atoms with Crippen molar-refractivity contribution in [2.75, 3.05) is 5.75 Å². The molecule has 0 aliphatic rings. The third-order valence-electron chi connectivity index (χ3n) is 3.97. The number of carbonyl (C=O) groups excluding carboxylic acids is 1. The van der Waals surface area contributed by atoms with E-state index in [4.69, 9.17) is 0 Å². The van der Waals surface area contributed by atoms with Crippen LogP contribution in [0.4, 0.5) is 0 Å². The van der Waals surface area contributed by atoms with Gasteiger partial charge in [-0.2, -0.15) is 0 Å². The zero-order valence-corrected chi connectivity index (χ0v) is 16.3. The molecule has 0 N–H and O–H groups in total. The molecule has 3 rings (SSSR count). The normalized spacial score (nSPS) is 11.4. The molecule has 0 bridgehead atoms. The zero-order chi connectivity index (χ0) is 18.1. The van der Waals surface area contributed by atoms with Crippen LogP contribution in [0.15, 0.2) is 40.3 Å². The van der Waals surface area contributed by atoms with E-state index < -0.39 is 0 Å². The van der Waals surface area contributed by atoms with Gasteiger partial charge < -0.3 is 0 Å². The Hall–Kier alpha value is -1.92. The number of aryl methyl sites for hydroxylation is 2. The number of thiophene rings is 1. The van der Waals surface area contributed by atoms with Crippen LogP contribution in [0.25, 0.3) is 10.9 Å². The van der Waals surface area contributed by atoms with E-state index in [2.05, 4.69) is 4.98 Å². The molecule has 0 atom stereocenters. The Morgan fingerprint density at radius 2 is 2.00 bits per heavy atom. The molecule has 0 unspecified atom stereocenters. The second-order valence-electron chi connectivity index (χ2n) is 6.22. The molecule has 0 saturated heterocycles. The first-order valence-electron chi connectivity index (χ1n) is 8.12. The summed E-state index contributed by atoms with van der Waals surface area (Å²) >= 11 is 2.96. The van der Waals surface area contributed by atoms with Gasteiger partial charge >= 0.3 is 0 Å². The molecule has 2 aromatic heterocycles. The second kappa shape index (κ2) is 7.14. The van der Waals surface area contributed by atoms with E-state index in [9.17, 15) is 9.59 Å². The molecule has 0 aliphatic carbocycles. The molecule has 0 saturated carbocycles. The maximum absolute atomic E-state index is 12.8. The Kier molecular flexibility index (Phi) is 5.11. The van der Waals surface area contributed by atoms with Crippen LogP contribution in [0, 0.1) is 13.8 Å². The van der Waals surface area contributed by atoms with Crippen molar-refractivity contribution in [1.82, 2.24) is 9.55 Å². The highest BCUT2D eigenvalue weighted by atomic mass is 32.2. The molecule has 0 fully saturated rings. The fourth-order valence-corrected chi connectivity index (χ4v) is 4.75. The minimum Gasteiger partial charge on any atom is -0.293 e. The molecule has 3 aromatic rings. The molecule has 0 amide bonds. The van der Waals surface area contributed by atoms with Crippen molar-refractivity contribution in [3.8, 4) is 0 Å². The fourth-order valence-electron chi connectivity index (χ4n) is 2.80. The third-order valence-corrected chi connectivity index (χ3v) is 5.88. The standard InChI is InChI=1S/C19H20N2O2S2/c1-11(2)21-18(23)14-7-5-6-8-16(14)20-19(21)24-10-17(22)15-9-12(3)25-13(15)4/h5-9,11H,10H2,1-4H3. The average molecular weight is 373 g/mol. The third kappa shape index (κ3) is 3.55. The molecular weight excluding hydrogens is 352 g/mol. The smallest absolute Gasteiger partial charge is 0.262 e. The lowest BCUT2D eigenvalue weighted by atomic mass is 10.2. The van der Waals surface area contributed by atoms with Crippen molar-refractivity contribution in [3.05, 3.63) is 56.0 Å². The summed E-state index contributed by atoms with van der Waals surface area (Å²) < 4.78 is 1.67. The van der Waals surface area contributed by atoms with Crippen LogP contribution in [0.1, 0.15) is 40.0 Å². The number of Topliss-reactive ketones (excluding diaryl/α,β-unsaturated/α-hetero) is 1. The maximum Gasteiger partial charge on any atom is 0.262 e. The SMILES string of the molecule is Cc1cc(C(=O)CSc2nc3ccccc3c(=O)n2C(C)C)c(C)s1. The summed E-state index contributed by atoms with van der Waals surface area (Å²) in [6.45, 7) is 7.88. The molecule has 1 aromatic carbocycles. The summed E-state index contributed by atoms with van der Waals surface area (Å²) in [6.07, 6.45) is 0. The van der Waals surface area contributed by atoms with Gasteiger partial charge in [0.2, 0.25) is 0 Å². The number of hydrogen-bond donors (Lipinski definition) is 0. The van der Waals surface area contributed by atoms with Crippen LogP contribution in [0.2, 0.25) is 0 Å². The molecule has 2 heterocycles. The van der Waals surface area contributed by atoms with Crippen LogP contribution in [0.3, 0.4) is 0 Å². The van der Waals surface area contributed by atoms with Crippen molar-refractivity contribution < 1.29 is 4.79 Å². The number of nitrogens with zero attached hydrogens (tertiary/aromatic N) is 2. The quantitative estimate of drug-likeness (QED) is 0.372. The van der Waals surface area contributed by atoms with Gasteiger partial charge in [0, 0.05) is 21.4 Å². The number of ketones is 1. The number of aromatic nitrogens is 2. The van der Waals surface area contributed by atoms with E-state index in [1.807, 2.05) is 52.0 Å². The Morgan fingerprint density at radius 3 is 2.64 bits per heavy atom. The first-order chi connectivity index (χ1) is 11.9. The van der Waals surface area contributed by atoms with E-state index in [1.165, 1.54) is 11.8 Å². The lowest BCUT2D eigenvalue weighted by Gasteiger charge is -2.15. The van der Waals surface area contributed by atoms with Crippen molar-refractivity contribution in [2.24, 2.45) is 0 Å². The van der Waals surface area contributed by atoms with Gasteiger partial charge in [0.05, 0.1) is 16.7 Å². The summed E-state index contributed by atoms with van der Waals surface area (Å²) in [5, 5.41) is 1.20. The number of fused-ring (bicyclic) bond motifs is 1. The summed E-state index contributed by atoms with van der Waals surface area (Å²) in [6, 6.07) is 9.25. The van der Waals surface area contributed by atoms with Crippen molar-refractivity contribution in [1.29, 1.82) is 0 Å². The highest BCUT2D eigenvalue weighted by molar-refractivity contribution is 7.99. The van der Waals surface area contributed by atoms with E-state index in [1.54, 1.807) is 22.0 Å². The average Bonchev–Trinajstić information content (AvgIpc) is 2.91. The molecule has 130 valence electrons. The second-order valence-corrected chi connectivity index (χ2v) is 8.62. The largest absolute Gasteiger partial charge is 0.293 e. The topological polar surface area (TPSA) is 52.0 Å². The van der Waals surface area contributed by atoms with E-state index in [0.717, 1.165) is 15.3 Å². The van der Waals surface area contributed by atoms with E-state index in [-0.39, 0.29) is 23.1 Å².